The van der Waals surface area contributed by atoms with Gasteiger partial charge in [0.25, 0.3) is 0 Å². The van der Waals surface area contributed by atoms with Gasteiger partial charge in [-0.2, -0.15) is 0 Å². The van der Waals surface area contributed by atoms with E-state index in [0.29, 0.717) is 12.3 Å². The topological polar surface area (TPSA) is 78.7 Å². The van der Waals surface area contributed by atoms with E-state index in [2.05, 4.69) is 0 Å². The molecule has 2 rings (SSSR count). The molecule has 1 saturated carbocycles. The number of rotatable bonds is 5. The van der Waals surface area contributed by atoms with Crippen LogP contribution in [0.15, 0.2) is 11.9 Å². The molecule has 0 aromatic heterocycles. The van der Waals surface area contributed by atoms with Gasteiger partial charge in [-0.15, -0.1) is 0 Å². The molecule has 0 bridgehead atoms. The third-order valence-electron chi connectivity index (χ3n) is 5.20. The molecule has 7 heteroatoms. The molecular formula is C20H32FNO5. The zero-order chi connectivity index (χ0) is 20.0. The van der Waals surface area contributed by atoms with Gasteiger partial charge in [-0.25, -0.2) is 4.39 Å². The van der Waals surface area contributed by atoms with Gasteiger partial charge in [-0.1, -0.05) is 12.8 Å². The fourth-order valence-electron chi connectivity index (χ4n) is 3.94. The van der Waals surface area contributed by atoms with E-state index in [0.717, 1.165) is 38.5 Å². The second-order valence-electron chi connectivity index (χ2n) is 8.76. The first kappa shape index (κ1) is 21.8. The van der Waals surface area contributed by atoms with E-state index < -0.39 is 17.7 Å². The molecule has 0 heterocycles. The first-order chi connectivity index (χ1) is 12.6. The van der Waals surface area contributed by atoms with E-state index in [-0.39, 0.29) is 35.7 Å². The van der Waals surface area contributed by atoms with E-state index in [1.165, 1.54) is 6.08 Å². The highest BCUT2D eigenvalue weighted by Gasteiger charge is 2.37. The van der Waals surface area contributed by atoms with Crippen LogP contribution in [0.3, 0.4) is 0 Å². The maximum atomic E-state index is 13.6. The van der Waals surface area contributed by atoms with Gasteiger partial charge in [0.2, 0.25) is 6.04 Å². The lowest BCUT2D eigenvalue weighted by Gasteiger charge is -2.30. The van der Waals surface area contributed by atoms with Crippen LogP contribution in [0, 0.1) is 16.0 Å². The van der Waals surface area contributed by atoms with Gasteiger partial charge in [0.05, 0.1) is 11.9 Å². The Balaban J connectivity index is 1.81. The molecule has 0 amide bonds. The normalized spacial score (nSPS) is 30.0. The van der Waals surface area contributed by atoms with Crippen LogP contribution in [0.4, 0.5) is 4.39 Å². The quantitative estimate of drug-likeness (QED) is 0.388. The van der Waals surface area contributed by atoms with E-state index in [4.69, 9.17) is 9.47 Å². The molecule has 0 aromatic rings. The van der Waals surface area contributed by atoms with Crippen LogP contribution >= 0.6 is 0 Å². The number of carbonyl (C=O) groups excluding carboxylic acids is 1. The average Bonchev–Trinajstić information content (AvgIpc) is 2.49. The minimum atomic E-state index is -0.866. The zero-order valence-corrected chi connectivity index (χ0v) is 16.6. The molecule has 1 fully saturated rings. The summed E-state index contributed by atoms with van der Waals surface area (Å²) in [5.41, 5.74) is -0.463. The van der Waals surface area contributed by atoms with Crippen LogP contribution in [0.25, 0.3) is 0 Å². The second-order valence-corrected chi connectivity index (χ2v) is 8.76. The summed E-state index contributed by atoms with van der Waals surface area (Å²) in [6.07, 6.45) is 6.24. The summed E-state index contributed by atoms with van der Waals surface area (Å²) in [4.78, 5) is 22.9. The van der Waals surface area contributed by atoms with E-state index in [1.54, 1.807) is 0 Å². The summed E-state index contributed by atoms with van der Waals surface area (Å²) in [5, 5.41) is 11.2. The van der Waals surface area contributed by atoms with Crippen LogP contribution in [0.1, 0.15) is 78.6 Å². The summed E-state index contributed by atoms with van der Waals surface area (Å²) in [7, 11) is 0. The first-order valence-corrected chi connectivity index (χ1v) is 9.99. The Labute approximate surface area is 160 Å². The molecule has 0 spiro atoms. The molecule has 154 valence electrons. The number of halogens is 1. The monoisotopic (exact) mass is 385 g/mol. The Morgan fingerprint density at radius 3 is 2.44 bits per heavy atom. The summed E-state index contributed by atoms with van der Waals surface area (Å²) >= 11 is 0. The fraction of sp³-hybridized carbons (Fsp3) is 0.850. The van der Waals surface area contributed by atoms with Crippen molar-refractivity contribution in [3.05, 3.63) is 22.0 Å². The highest BCUT2D eigenvalue weighted by Crippen LogP contribution is 2.31. The molecule has 0 aliphatic heterocycles. The molecule has 2 unspecified atom stereocenters. The lowest BCUT2D eigenvalue weighted by Crippen LogP contribution is -2.40. The average molecular weight is 385 g/mol. The molecule has 0 N–H and O–H groups in total. The van der Waals surface area contributed by atoms with Crippen molar-refractivity contribution in [3.63, 3.8) is 0 Å². The van der Waals surface area contributed by atoms with Crippen molar-refractivity contribution >= 4 is 5.97 Å². The van der Waals surface area contributed by atoms with E-state index in [1.807, 2.05) is 20.8 Å². The Morgan fingerprint density at radius 2 is 1.89 bits per heavy atom. The van der Waals surface area contributed by atoms with Crippen LogP contribution in [-0.2, 0) is 14.3 Å². The van der Waals surface area contributed by atoms with Crippen molar-refractivity contribution in [1.29, 1.82) is 0 Å². The number of ether oxygens (including phenoxy) is 2. The van der Waals surface area contributed by atoms with Crippen LogP contribution in [-0.4, -0.2) is 34.7 Å². The highest BCUT2D eigenvalue weighted by molar-refractivity contribution is 5.70. The van der Waals surface area contributed by atoms with Gasteiger partial charge in [-0.3, -0.25) is 14.9 Å². The smallest absolute Gasteiger partial charge is 0.306 e. The summed E-state index contributed by atoms with van der Waals surface area (Å²) < 4.78 is 25.0. The highest BCUT2D eigenvalue weighted by atomic mass is 19.1. The minimum absolute atomic E-state index is 0.0105. The van der Waals surface area contributed by atoms with Crippen molar-refractivity contribution in [3.8, 4) is 0 Å². The SMILES string of the molecule is CC(C)(C)OC(=O)CC1CCCC(OC2CC(F)=CCC2[N+](=O)[O-])CCC1. The lowest BCUT2D eigenvalue weighted by molar-refractivity contribution is -0.536. The molecule has 6 nitrogen and oxygen atoms in total. The Morgan fingerprint density at radius 1 is 1.26 bits per heavy atom. The largest absolute Gasteiger partial charge is 0.460 e. The number of nitrogens with zero attached hydrogens (tertiary/aromatic N) is 1. The number of carbonyl (C=O) groups is 1. The number of hydrogen-bond donors (Lipinski definition) is 0. The molecule has 2 atom stereocenters. The predicted octanol–water partition coefficient (Wildman–Crippen LogP) is 4.73. The third-order valence-corrected chi connectivity index (χ3v) is 5.20. The lowest BCUT2D eigenvalue weighted by atomic mass is 9.87. The van der Waals surface area contributed by atoms with Crippen molar-refractivity contribution in [2.75, 3.05) is 0 Å². The van der Waals surface area contributed by atoms with Gasteiger partial charge in [0.1, 0.15) is 11.7 Å². The van der Waals surface area contributed by atoms with Crippen molar-refractivity contribution in [1.82, 2.24) is 0 Å². The third kappa shape index (κ3) is 7.56. The summed E-state index contributed by atoms with van der Waals surface area (Å²) in [6.45, 7) is 5.60. The standard InChI is InChI=1S/C20H32FNO5/c1-20(2,3)27-19(23)12-14-6-4-8-16(9-5-7-14)26-18-13-15(21)10-11-17(18)22(24)25/h10,14,16-18H,4-9,11-13H2,1-3H3. The molecule has 2 aliphatic carbocycles. The Hall–Kier alpha value is -1.50. The van der Waals surface area contributed by atoms with Crippen LogP contribution < -0.4 is 0 Å². The first-order valence-electron chi connectivity index (χ1n) is 9.99. The Bertz CT molecular complexity index is 547. The zero-order valence-electron chi connectivity index (χ0n) is 16.6. The number of hydrogen-bond acceptors (Lipinski definition) is 5. The van der Waals surface area contributed by atoms with E-state index >= 15 is 0 Å². The molecular weight excluding hydrogens is 353 g/mol. The Kier molecular flexibility index (Phi) is 7.77. The van der Waals surface area contributed by atoms with Crippen LogP contribution in [0.5, 0.6) is 0 Å². The number of nitro groups is 1. The summed E-state index contributed by atoms with van der Waals surface area (Å²) in [6, 6.07) is -0.866. The van der Waals surface area contributed by atoms with Crippen molar-refractivity contribution in [2.24, 2.45) is 5.92 Å². The van der Waals surface area contributed by atoms with Gasteiger partial charge in [-0.05, 0) is 58.4 Å². The molecule has 2 aliphatic rings. The number of esters is 1. The van der Waals surface area contributed by atoms with Gasteiger partial charge in [0.15, 0.2) is 0 Å². The molecule has 0 aromatic carbocycles. The van der Waals surface area contributed by atoms with Gasteiger partial charge < -0.3 is 9.47 Å². The van der Waals surface area contributed by atoms with Gasteiger partial charge >= 0.3 is 5.97 Å². The van der Waals surface area contributed by atoms with Crippen molar-refractivity contribution < 1.29 is 23.6 Å². The predicted molar refractivity (Wildman–Crippen MR) is 99.5 cm³/mol. The maximum Gasteiger partial charge on any atom is 0.306 e. The molecule has 27 heavy (non-hydrogen) atoms. The molecule has 0 radical (unpaired) electrons. The molecule has 0 saturated heterocycles. The van der Waals surface area contributed by atoms with E-state index in [9.17, 15) is 19.3 Å². The van der Waals surface area contributed by atoms with Crippen LogP contribution in [0.2, 0.25) is 0 Å². The summed E-state index contributed by atoms with van der Waals surface area (Å²) in [5.74, 6) is -0.164. The fourth-order valence-corrected chi connectivity index (χ4v) is 3.94. The second kappa shape index (κ2) is 9.62. The van der Waals surface area contributed by atoms with Crippen molar-refractivity contribution in [2.45, 2.75) is 102 Å². The minimum Gasteiger partial charge on any atom is -0.460 e. The maximum absolute atomic E-state index is 13.6. The van der Waals surface area contributed by atoms with Gasteiger partial charge in [0, 0.05) is 24.2 Å².